The van der Waals surface area contributed by atoms with E-state index in [1.54, 1.807) is 13.0 Å². The lowest BCUT2D eigenvalue weighted by Gasteiger charge is -2.10. The van der Waals surface area contributed by atoms with Crippen LogP contribution >= 0.6 is 15.9 Å². The predicted octanol–water partition coefficient (Wildman–Crippen LogP) is 2.99. The van der Waals surface area contributed by atoms with Gasteiger partial charge in [-0.05, 0) is 40.5 Å². The topological polar surface area (TPSA) is 75.2 Å². The average molecular weight is 329 g/mol. The molecule has 0 amide bonds. The lowest BCUT2D eigenvalue weighted by atomic mass is 10.1. The minimum atomic E-state index is -1.15. The van der Waals surface area contributed by atoms with E-state index >= 15 is 0 Å². The van der Waals surface area contributed by atoms with Crippen molar-refractivity contribution in [1.29, 1.82) is 0 Å². The number of nitrogens with zero attached hydrogens (tertiary/aromatic N) is 1. The number of carbonyl (C=O) groups is 1. The molecule has 0 aliphatic heterocycles. The van der Waals surface area contributed by atoms with Crippen LogP contribution in [0.2, 0.25) is 0 Å². The van der Waals surface area contributed by atoms with Gasteiger partial charge < -0.3 is 9.84 Å². The number of H-pyrrole nitrogens is 1. The Morgan fingerprint density at radius 2 is 2.21 bits per heavy atom. The zero-order valence-electron chi connectivity index (χ0n) is 10.1. The van der Waals surface area contributed by atoms with E-state index in [2.05, 4.69) is 26.1 Å². The van der Waals surface area contributed by atoms with Crippen molar-refractivity contribution in [2.75, 3.05) is 7.11 Å². The number of benzene rings is 1. The smallest absolute Gasteiger partial charge is 0.353 e. The van der Waals surface area contributed by atoms with Crippen LogP contribution in [0.25, 0.3) is 11.3 Å². The van der Waals surface area contributed by atoms with Crippen LogP contribution in [-0.2, 0) is 0 Å². The van der Waals surface area contributed by atoms with E-state index in [4.69, 9.17) is 9.84 Å². The Kier molecular flexibility index (Phi) is 3.57. The summed E-state index contributed by atoms with van der Waals surface area (Å²) in [6, 6.07) is 2.84. The molecule has 0 aliphatic carbocycles. The zero-order chi connectivity index (χ0) is 14.2. The first kappa shape index (κ1) is 13.5. The minimum Gasteiger partial charge on any atom is -0.492 e. The van der Waals surface area contributed by atoms with Crippen molar-refractivity contribution < 1.29 is 19.0 Å². The van der Waals surface area contributed by atoms with E-state index in [0.717, 1.165) is 5.56 Å². The van der Waals surface area contributed by atoms with Crippen molar-refractivity contribution in [3.05, 3.63) is 33.7 Å². The molecule has 19 heavy (non-hydrogen) atoms. The Morgan fingerprint density at radius 3 is 2.74 bits per heavy atom. The van der Waals surface area contributed by atoms with E-state index in [-0.39, 0.29) is 22.7 Å². The molecular weight excluding hydrogens is 319 g/mol. The molecule has 0 aliphatic rings. The van der Waals surface area contributed by atoms with Crippen molar-refractivity contribution >= 4 is 21.9 Å². The Hall–Kier alpha value is -1.89. The highest BCUT2D eigenvalue weighted by atomic mass is 79.9. The van der Waals surface area contributed by atoms with Gasteiger partial charge in [-0.25, -0.2) is 9.18 Å². The first-order chi connectivity index (χ1) is 8.95. The molecule has 2 rings (SSSR count). The lowest BCUT2D eigenvalue weighted by molar-refractivity contribution is 0.0690. The second-order valence-electron chi connectivity index (χ2n) is 3.87. The van der Waals surface area contributed by atoms with Crippen molar-refractivity contribution in [2.24, 2.45) is 0 Å². The summed E-state index contributed by atoms with van der Waals surface area (Å²) in [7, 11) is 1.36. The molecule has 1 heterocycles. The van der Waals surface area contributed by atoms with Gasteiger partial charge in [0.2, 0.25) is 0 Å². The van der Waals surface area contributed by atoms with E-state index < -0.39 is 11.8 Å². The van der Waals surface area contributed by atoms with Crippen LogP contribution in [0.3, 0.4) is 0 Å². The van der Waals surface area contributed by atoms with Crippen LogP contribution in [0.4, 0.5) is 4.39 Å². The molecule has 7 heteroatoms. The number of hydrogen-bond donors (Lipinski definition) is 2. The van der Waals surface area contributed by atoms with Gasteiger partial charge in [-0.3, -0.25) is 5.10 Å². The third-order valence-electron chi connectivity index (χ3n) is 2.63. The third kappa shape index (κ3) is 2.33. The second kappa shape index (κ2) is 5.00. The van der Waals surface area contributed by atoms with E-state index in [1.165, 1.54) is 13.2 Å². The van der Waals surface area contributed by atoms with Gasteiger partial charge in [-0.15, -0.1) is 0 Å². The molecule has 0 bridgehead atoms. The summed E-state index contributed by atoms with van der Waals surface area (Å²) in [5, 5.41) is 14.9. The normalized spacial score (nSPS) is 10.5. The van der Waals surface area contributed by atoms with Gasteiger partial charge in [0.05, 0.1) is 17.3 Å². The molecule has 0 radical (unpaired) electrons. The number of rotatable bonds is 3. The minimum absolute atomic E-state index is 0.0647. The maximum atomic E-state index is 14.3. The Bertz CT molecular complexity index is 655. The van der Waals surface area contributed by atoms with Crippen molar-refractivity contribution in [3.8, 4) is 17.0 Å². The molecule has 5 nitrogen and oxygen atoms in total. The molecular formula is C12H10BrFN2O3. The highest BCUT2D eigenvalue weighted by molar-refractivity contribution is 9.10. The van der Waals surface area contributed by atoms with Gasteiger partial charge in [0.15, 0.2) is 11.6 Å². The number of hydrogen-bond acceptors (Lipinski definition) is 3. The summed E-state index contributed by atoms with van der Waals surface area (Å²) in [4.78, 5) is 10.8. The van der Waals surface area contributed by atoms with Crippen LogP contribution in [0.5, 0.6) is 5.75 Å². The summed E-state index contributed by atoms with van der Waals surface area (Å²) in [6.45, 7) is 1.78. The maximum Gasteiger partial charge on any atom is 0.353 e. The predicted molar refractivity (Wildman–Crippen MR) is 69.9 cm³/mol. The number of carboxylic acid groups (broad SMARTS) is 1. The molecule has 0 saturated heterocycles. The first-order valence-corrected chi connectivity index (χ1v) is 6.06. The molecule has 0 fully saturated rings. The molecule has 0 unspecified atom stereocenters. The zero-order valence-corrected chi connectivity index (χ0v) is 11.7. The largest absolute Gasteiger partial charge is 0.492 e. The number of nitrogens with one attached hydrogen (secondary N) is 1. The first-order valence-electron chi connectivity index (χ1n) is 5.27. The average Bonchev–Trinajstić information content (AvgIpc) is 2.84. The van der Waals surface area contributed by atoms with E-state index in [0.29, 0.717) is 4.47 Å². The molecule has 0 saturated carbocycles. The summed E-state index contributed by atoms with van der Waals surface area (Å²) >= 11 is 3.24. The Labute approximate surface area is 116 Å². The highest BCUT2D eigenvalue weighted by Gasteiger charge is 2.19. The highest BCUT2D eigenvalue weighted by Crippen LogP contribution is 2.37. The van der Waals surface area contributed by atoms with Crippen molar-refractivity contribution in [2.45, 2.75) is 6.92 Å². The fraction of sp³-hybridized carbons (Fsp3) is 0.167. The number of aromatic amines is 1. The van der Waals surface area contributed by atoms with Crippen LogP contribution < -0.4 is 4.74 Å². The monoisotopic (exact) mass is 328 g/mol. The van der Waals surface area contributed by atoms with Gasteiger partial charge >= 0.3 is 5.97 Å². The van der Waals surface area contributed by atoms with Crippen LogP contribution in [-0.4, -0.2) is 28.4 Å². The molecule has 0 atom stereocenters. The number of aromatic carboxylic acids is 1. The number of ether oxygens (including phenoxy) is 1. The maximum absolute atomic E-state index is 14.3. The molecule has 1 aromatic heterocycles. The fourth-order valence-electron chi connectivity index (χ4n) is 1.68. The summed E-state index contributed by atoms with van der Waals surface area (Å²) in [5.74, 6) is -1.68. The number of methoxy groups -OCH3 is 1. The second-order valence-corrected chi connectivity index (χ2v) is 4.67. The van der Waals surface area contributed by atoms with Crippen LogP contribution in [0, 0.1) is 12.7 Å². The van der Waals surface area contributed by atoms with Crippen molar-refractivity contribution in [1.82, 2.24) is 10.2 Å². The Balaban J connectivity index is 2.61. The molecule has 100 valence electrons. The van der Waals surface area contributed by atoms with Gasteiger partial charge in [-0.2, -0.15) is 5.10 Å². The van der Waals surface area contributed by atoms with Gasteiger partial charge in [0.1, 0.15) is 5.69 Å². The van der Waals surface area contributed by atoms with Crippen LogP contribution in [0.15, 0.2) is 16.6 Å². The number of aryl methyl sites for hydroxylation is 1. The van der Waals surface area contributed by atoms with Gasteiger partial charge in [0, 0.05) is 5.56 Å². The van der Waals surface area contributed by atoms with Gasteiger partial charge in [-0.1, -0.05) is 0 Å². The Morgan fingerprint density at radius 1 is 1.53 bits per heavy atom. The summed E-state index contributed by atoms with van der Waals surface area (Å²) in [6.07, 6.45) is 0. The number of aromatic nitrogens is 2. The molecule has 2 aromatic rings. The number of halogens is 2. The lowest BCUT2D eigenvalue weighted by Crippen LogP contribution is -1.96. The standard InChI is InChI=1S/C12H10BrFN2O3/c1-5-3-6(10(14)11(19-2)9(5)13)7-4-8(12(17)18)16-15-7/h3-4H,1-2H3,(H,15,16)(H,17,18). The van der Waals surface area contributed by atoms with E-state index in [1.807, 2.05) is 0 Å². The van der Waals surface area contributed by atoms with Crippen LogP contribution in [0.1, 0.15) is 16.1 Å². The summed E-state index contributed by atoms with van der Waals surface area (Å²) in [5.41, 5.74) is 1.05. The number of carboxylic acids is 1. The molecule has 0 spiro atoms. The quantitative estimate of drug-likeness (QED) is 0.908. The van der Waals surface area contributed by atoms with Crippen molar-refractivity contribution in [3.63, 3.8) is 0 Å². The third-order valence-corrected chi connectivity index (χ3v) is 3.62. The summed E-state index contributed by atoms with van der Waals surface area (Å²) < 4.78 is 19.8. The van der Waals surface area contributed by atoms with E-state index in [9.17, 15) is 9.18 Å². The SMILES string of the molecule is COc1c(F)c(-c2cc(C(=O)O)[nH]n2)cc(C)c1Br. The molecule has 1 aromatic carbocycles. The molecule has 2 N–H and O–H groups in total. The fourth-order valence-corrected chi connectivity index (χ4v) is 2.13. The van der Waals surface area contributed by atoms with Gasteiger partial charge in [0.25, 0.3) is 0 Å².